The van der Waals surface area contributed by atoms with Crippen molar-refractivity contribution in [3.05, 3.63) is 47.5 Å². The fourth-order valence-electron chi connectivity index (χ4n) is 4.73. The summed E-state index contributed by atoms with van der Waals surface area (Å²) in [6.45, 7) is 7.64. The van der Waals surface area contributed by atoms with E-state index >= 15 is 0 Å². The average molecular weight is 530 g/mol. The topological polar surface area (TPSA) is 133 Å². The van der Waals surface area contributed by atoms with E-state index in [0.29, 0.717) is 12.8 Å². The molecule has 0 bridgehead atoms. The number of benzene rings is 2. The quantitative estimate of drug-likeness (QED) is 0.301. The van der Waals surface area contributed by atoms with Crippen LogP contribution in [0.2, 0.25) is 0 Å². The highest BCUT2D eigenvalue weighted by Crippen LogP contribution is 2.46. The second kappa shape index (κ2) is 11.6. The first-order valence-electron chi connectivity index (χ1n) is 12.5. The van der Waals surface area contributed by atoms with Gasteiger partial charge >= 0.3 is 0 Å². The third-order valence-corrected chi connectivity index (χ3v) is 8.15. The van der Waals surface area contributed by atoms with Gasteiger partial charge in [-0.25, -0.2) is 0 Å². The summed E-state index contributed by atoms with van der Waals surface area (Å²) in [4.78, 5) is 63.2. The Kier molecular flexibility index (Phi) is 8.92. The highest BCUT2D eigenvalue weighted by molar-refractivity contribution is 7.58. The van der Waals surface area contributed by atoms with Gasteiger partial charge in [-0.15, -0.1) is 0 Å². The van der Waals surface area contributed by atoms with E-state index in [0.717, 1.165) is 15.7 Å². The third-order valence-electron chi connectivity index (χ3n) is 6.42. The molecule has 2 aromatic rings. The zero-order valence-electron chi connectivity index (χ0n) is 22.0. The molecule has 0 radical (unpaired) electrons. The van der Waals surface area contributed by atoms with Gasteiger partial charge in [0.15, 0.2) is 0 Å². The highest BCUT2D eigenvalue weighted by atomic mass is 31.2. The van der Waals surface area contributed by atoms with Gasteiger partial charge in [0.2, 0.25) is 19.2 Å². The summed E-state index contributed by atoms with van der Waals surface area (Å²) in [6, 6.07) is 9.78. The van der Waals surface area contributed by atoms with Crippen LogP contribution in [-0.2, 0) is 14.2 Å². The Labute approximate surface area is 217 Å². The lowest BCUT2D eigenvalue weighted by molar-refractivity contribution is -0.131. The van der Waals surface area contributed by atoms with Crippen molar-refractivity contribution < 1.29 is 28.6 Å². The van der Waals surface area contributed by atoms with Crippen LogP contribution in [0, 0.1) is 17.8 Å². The standard InChI is InChI=1S/C27H36N3O6P/c1-16(2)10-20(24(31)29-23(11-17(3)4)25(32)28-5)14-37(35,36)15-30-26(33)21-12-18-8-6-7-9-19(18)13-22(21)27(30)34/h6-9,12-13,16-17,20,23H,10-11,14-15H2,1-5H3,(H,28,32)(H,29,31)(H,35,36)/t20?,23-/m0/s1. The highest BCUT2D eigenvalue weighted by Gasteiger charge is 2.41. The molecule has 2 aromatic carbocycles. The molecule has 2 unspecified atom stereocenters. The lowest BCUT2D eigenvalue weighted by Crippen LogP contribution is -2.49. The first-order valence-corrected chi connectivity index (χ1v) is 14.6. The molecular formula is C27H36N3O6P. The summed E-state index contributed by atoms with van der Waals surface area (Å²) < 4.78 is 13.3. The summed E-state index contributed by atoms with van der Waals surface area (Å²) in [7, 11) is -2.66. The molecule has 37 heavy (non-hydrogen) atoms. The SMILES string of the molecule is CNC(=O)[C@H](CC(C)C)NC(=O)C(CC(C)C)CP(=O)(O)CN1C(=O)c2cc3ccccc3cc2C1=O. The number of carbonyl (C=O) groups excluding carboxylic acids is 4. The molecule has 0 saturated carbocycles. The molecule has 3 N–H and O–H groups in total. The van der Waals surface area contributed by atoms with Gasteiger partial charge in [0, 0.05) is 19.1 Å². The van der Waals surface area contributed by atoms with Crippen molar-refractivity contribution in [1.29, 1.82) is 0 Å². The van der Waals surface area contributed by atoms with E-state index in [1.54, 1.807) is 12.1 Å². The smallest absolute Gasteiger partial charge is 0.262 e. The molecule has 3 rings (SSSR count). The maximum atomic E-state index is 13.3. The second-order valence-corrected chi connectivity index (χ2v) is 12.9. The van der Waals surface area contributed by atoms with Crippen LogP contribution in [-0.4, -0.2) is 59.0 Å². The van der Waals surface area contributed by atoms with E-state index in [-0.39, 0.29) is 28.9 Å². The molecular weight excluding hydrogens is 493 g/mol. The minimum absolute atomic E-state index is 0.0334. The Balaban J connectivity index is 1.79. The summed E-state index contributed by atoms with van der Waals surface area (Å²) >= 11 is 0. The molecule has 200 valence electrons. The predicted molar refractivity (Wildman–Crippen MR) is 142 cm³/mol. The molecule has 0 aromatic heterocycles. The second-order valence-electron chi connectivity index (χ2n) is 10.6. The average Bonchev–Trinajstić information content (AvgIpc) is 3.04. The van der Waals surface area contributed by atoms with E-state index in [9.17, 15) is 28.6 Å². The van der Waals surface area contributed by atoms with Gasteiger partial charge < -0.3 is 15.5 Å². The Morgan fingerprint density at radius 1 is 0.919 bits per heavy atom. The maximum Gasteiger partial charge on any atom is 0.262 e. The van der Waals surface area contributed by atoms with Crippen LogP contribution < -0.4 is 10.6 Å². The number of hydrogen-bond acceptors (Lipinski definition) is 5. The Morgan fingerprint density at radius 2 is 1.43 bits per heavy atom. The molecule has 9 nitrogen and oxygen atoms in total. The van der Waals surface area contributed by atoms with E-state index in [4.69, 9.17) is 0 Å². The van der Waals surface area contributed by atoms with Gasteiger partial charge in [-0.05, 0) is 47.6 Å². The van der Waals surface area contributed by atoms with Gasteiger partial charge in [0.05, 0.1) is 11.1 Å². The number of nitrogens with one attached hydrogen (secondary N) is 2. The number of fused-ring (bicyclic) bond motifs is 2. The monoisotopic (exact) mass is 529 g/mol. The number of rotatable bonds is 11. The molecule has 4 amide bonds. The Morgan fingerprint density at radius 3 is 1.89 bits per heavy atom. The van der Waals surface area contributed by atoms with E-state index in [1.807, 2.05) is 52.0 Å². The fraction of sp³-hybridized carbons (Fsp3) is 0.481. The lowest BCUT2D eigenvalue weighted by Gasteiger charge is -2.26. The molecule has 1 aliphatic heterocycles. The molecule has 10 heteroatoms. The number of nitrogens with zero attached hydrogens (tertiary/aromatic N) is 1. The molecule has 1 heterocycles. The van der Waals surface area contributed by atoms with Crippen molar-refractivity contribution in [1.82, 2.24) is 15.5 Å². The summed E-state index contributed by atoms with van der Waals surface area (Å²) in [6.07, 6.45) is -0.358. The van der Waals surface area contributed by atoms with Gasteiger partial charge in [-0.3, -0.25) is 28.6 Å². The van der Waals surface area contributed by atoms with E-state index in [2.05, 4.69) is 10.6 Å². The fourth-order valence-corrected chi connectivity index (χ4v) is 6.55. The molecule has 1 aliphatic rings. The first kappa shape index (κ1) is 28.5. The third kappa shape index (κ3) is 6.84. The van der Waals surface area contributed by atoms with Crippen molar-refractivity contribution in [2.24, 2.45) is 17.8 Å². The molecule has 0 aliphatic carbocycles. The van der Waals surface area contributed by atoms with Crippen LogP contribution in [0.4, 0.5) is 0 Å². The van der Waals surface area contributed by atoms with Crippen molar-refractivity contribution in [2.45, 2.75) is 46.6 Å². The first-order chi connectivity index (χ1) is 17.3. The molecule has 0 spiro atoms. The van der Waals surface area contributed by atoms with Gasteiger partial charge in [0.25, 0.3) is 11.8 Å². The van der Waals surface area contributed by atoms with Crippen LogP contribution in [0.1, 0.15) is 61.3 Å². The predicted octanol–water partition coefficient (Wildman–Crippen LogP) is 3.60. The minimum Gasteiger partial charge on any atom is -0.357 e. The van der Waals surface area contributed by atoms with Crippen molar-refractivity contribution in [3.63, 3.8) is 0 Å². The zero-order valence-corrected chi connectivity index (χ0v) is 22.9. The Bertz CT molecular complexity index is 1200. The number of hydrogen-bond donors (Lipinski definition) is 3. The number of amides is 4. The number of carbonyl (C=O) groups is 4. The van der Waals surface area contributed by atoms with Gasteiger partial charge in [0.1, 0.15) is 12.3 Å². The van der Waals surface area contributed by atoms with Crippen molar-refractivity contribution >= 4 is 41.8 Å². The lowest BCUT2D eigenvalue weighted by atomic mass is 9.96. The summed E-state index contributed by atoms with van der Waals surface area (Å²) in [5, 5.41) is 6.86. The number of likely N-dealkylation sites (N-methyl/N-ethyl adjacent to an activating group) is 1. The van der Waals surface area contributed by atoms with Crippen LogP contribution in [0.15, 0.2) is 36.4 Å². The zero-order chi connectivity index (χ0) is 27.5. The normalized spacial score (nSPS) is 16.6. The van der Waals surface area contributed by atoms with Gasteiger partial charge in [-0.1, -0.05) is 52.0 Å². The maximum absolute atomic E-state index is 13.3. The van der Waals surface area contributed by atoms with Crippen LogP contribution in [0.3, 0.4) is 0 Å². The van der Waals surface area contributed by atoms with Crippen LogP contribution in [0.25, 0.3) is 10.8 Å². The minimum atomic E-state index is -4.14. The Hall–Kier alpha value is -3.03. The number of imide groups is 1. The van der Waals surface area contributed by atoms with Gasteiger partial charge in [-0.2, -0.15) is 0 Å². The van der Waals surface area contributed by atoms with E-state index in [1.165, 1.54) is 7.05 Å². The van der Waals surface area contributed by atoms with E-state index < -0.39 is 49.5 Å². The van der Waals surface area contributed by atoms with Crippen LogP contribution >= 0.6 is 7.37 Å². The molecule has 3 atom stereocenters. The molecule has 0 saturated heterocycles. The largest absolute Gasteiger partial charge is 0.357 e. The summed E-state index contributed by atoms with van der Waals surface area (Å²) in [5.74, 6) is -2.77. The van der Waals surface area contributed by atoms with Crippen molar-refractivity contribution in [2.75, 3.05) is 19.5 Å². The summed E-state index contributed by atoms with van der Waals surface area (Å²) in [5.41, 5.74) is 0.393. The van der Waals surface area contributed by atoms with Crippen LogP contribution in [0.5, 0.6) is 0 Å². The van der Waals surface area contributed by atoms with Crippen molar-refractivity contribution in [3.8, 4) is 0 Å². The molecule has 0 fully saturated rings.